The number of likely N-dealkylation sites (N-methyl/N-ethyl adjacent to an activating group) is 1. The van der Waals surface area contributed by atoms with Gasteiger partial charge in [0.1, 0.15) is 0 Å². The fourth-order valence-electron chi connectivity index (χ4n) is 1.31. The normalized spacial score (nSPS) is 11.4. The van der Waals surface area contributed by atoms with Crippen LogP contribution in [0.2, 0.25) is 0 Å². The smallest absolute Gasteiger partial charge is 0.346 e. The topological polar surface area (TPSA) is 20.3 Å². The highest BCUT2D eigenvalue weighted by atomic mass is 19.4. The Morgan fingerprint density at radius 3 is 2.18 bits per heavy atom. The van der Waals surface area contributed by atoms with Gasteiger partial charge >= 0.3 is 6.18 Å². The molecule has 1 amide bonds. The van der Waals surface area contributed by atoms with Crippen LogP contribution < -0.4 is 0 Å². The first-order chi connectivity index (χ1) is 7.80. The molecule has 5 heteroatoms. The van der Waals surface area contributed by atoms with Gasteiger partial charge in [-0.05, 0) is 24.1 Å². The maximum absolute atomic E-state index is 12.3. The van der Waals surface area contributed by atoms with Gasteiger partial charge in [-0.3, -0.25) is 4.79 Å². The molecule has 0 saturated heterocycles. The third kappa shape index (κ3) is 4.09. The fourth-order valence-corrected chi connectivity index (χ4v) is 1.31. The summed E-state index contributed by atoms with van der Waals surface area (Å²) in [7, 11) is 1.66. The zero-order valence-electron chi connectivity index (χ0n) is 9.71. The molecule has 0 aromatic heterocycles. The lowest BCUT2D eigenvalue weighted by molar-refractivity contribution is -0.137. The van der Waals surface area contributed by atoms with E-state index in [4.69, 9.17) is 0 Å². The van der Waals surface area contributed by atoms with Gasteiger partial charge in [0, 0.05) is 20.5 Å². The Kier molecular flexibility index (Phi) is 4.15. The first kappa shape index (κ1) is 13.5. The van der Waals surface area contributed by atoms with E-state index >= 15 is 0 Å². The van der Waals surface area contributed by atoms with Crippen LogP contribution in [0.5, 0.6) is 0 Å². The van der Waals surface area contributed by atoms with Gasteiger partial charge in [0.2, 0.25) is 5.91 Å². The number of carbonyl (C=O) groups is 1. The molecule has 0 unspecified atom stereocenters. The van der Waals surface area contributed by atoms with Crippen LogP contribution in [0.1, 0.15) is 18.1 Å². The molecule has 0 aliphatic rings. The van der Waals surface area contributed by atoms with Crippen LogP contribution in [-0.2, 0) is 17.4 Å². The van der Waals surface area contributed by atoms with E-state index in [9.17, 15) is 18.0 Å². The molecule has 0 heterocycles. The average Bonchev–Trinajstić information content (AvgIpc) is 2.25. The monoisotopic (exact) mass is 245 g/mol. The van der Waals surface area contributed by atoms with Crippen LogP contribution in [0.25, 0.3) is 0 Å². The van der Waals surface area contributed by atoms with E-state index < -0.39 is 11.7 Å². The second kappa shape index (κ2) is 5.21. The molecule has 0 fully saturated rings. The quantitative estimate of drug-likeness (QED) is 0.801. The Morgan fingerprint density at radius 2 is 1.76 bits per heavy atom. The second-order valence-corrected chi connectivity index (χ2v) is 3.89. The van der Waals surface area contributed by atoms with Crippen LogP contribution in [0.3, 0.4) is 0 Å². The van der Waals surface area contributed by atoms with Crippen molar-refractivity contribution in [2.45, 2.75) is 19.5 Å². The summed E-state index contributed by atoms with van der Waals surface area (Å²) < 4.78 is 36.9. The third-order valence-electron chi connectivity index (χ3n) is 2.55. The average molecular weight is 245 g/mol. The van der Waals surface area contributed by atoms with Gasteiger partial charge in [-0.1, -0.05) is 12.1 Å². The predicted molar refractivity (Wildman–Crippen MR) is 58.5 cm³/mol. The molecule has 0 N–H and O–H groups in total. The molecule has 0 bridgehead atoms. The van der Waals surface area contributed by atoms with Crippen molar-refractivity contribution in [3.63, 3.8) is 0 Å². The number of halogens is 3. The van der Waals surface area contributed by atoms with E-state index in [1.807, 2.05) is 0 Å². The van der Waals surface area contributed by atoms with E-state index in [1.165, 1.54) is 24.0 Å². The van der Waals surface area contributed by atoms with Crippen molar-refractivity contribution < 1.29 is 18.0 Å². The molecule has 0 spiro atoms. The molecule has 0 atom stereocenters. The molecule has 1 aromatic rings. The molecule has 0 aliphatic carbocycles. The minimum atomic E-state index is -4.30. The summed E-state index contributed by atoms with van der Waals surface area (Å²) in [6.45, 7) is 1.95. The van der Waals surface area contributed by atoms with Crippen molar-refractivity contribution in [2.75, 3.05) is 13.6 Å². The lowest BCUT2D eigenvalue weighted by Gasteiger charge is -2.14. The number of amides is 1. The van der Waals surface area contributed by atoms with Crippen LogP contribution in [0.15, 0.2) is 24.3 Å². The van der Waals surface area contributed by atoms with E-state index in [0.29, 0.717) is 13.0 Å². The Balaban J connectivity index is 2.60. The van der Waals surface area contributed by atoms with Gasteiger partial charge in [0.25, 0.3) is 0 Å². The Labute approximate surface area is 98.0 Å². The van der Waals surface area contributed by atoms with Crippen LogP contribution in [0, 0.1) is 0 Å². The van der Waals surface area contributed by atoms with Crippen LogP contribution in [0.4, 0.5) is 13.2 Å². The van der Waals surface area contributed by atoms with E-state index in [0.717, 1.165) is 17.7 Å². The molecule has 94 valence electrons. The Hall–Kier alpha value is -1.52. The minimum absolute atomic E-state index is 0.0584. The van der Waals surface area contributed by atoms with Gasteiger partial charge in [0.05, 0.1) is 5.56 Å². The fraction of sp³-hybridized carbons (Fsp3) is 0.417. The number of rotatable bonds is 3. The van der Waals surface area contributed by atoms with Gasteiger partial charge in [-0.25, -0.2) is 0 Å². The zero-order chi connectivity index (χ0) is 13.1. The highest BCUT2D eigenvalue weighted by Crippen LogP contribution is 2.29. The Bertz CT molecular complexity index is 384. The standard InChI is InChI=1S/C12H14F3NO/c1-9(17)16(2)8-7-10-3-5-11(6-4-10)12(13,14)15/h3-6H,7-8H2,1-2H3. The molecule has 2 nitrogen and oxygen atoms in total. The molecule has 0 radical (unpaired) electrons. The van der Waals surface area contributed by atoms with Crippen molar-refractivity contribution >= 4 is 5.91 Å². The van der Waals surface area contributed by atoms with Crippen LogP contribution >= 0.6 is 0 Å². The summed E-state index contributed by atoms with van der Waals surface area (Å²) in [5.41, 5.74) is 0.132. The molecule has 1 aromatic carbocycles. The lowest BCUT2D eigenvalue weighted by Crippen LogP contribution is -2.26. The molecule has 17 heavy (non-hydrogen) atoms. The molecule has 0 aliphatic heterocycles. The van der Waals surface area contributed by atoms with Crippen LogP contribution in [-0.4, -0.2) is 24.4 Å². The molecule has 0 saturated carbocycles. The Morgan fingerprint density at radius 1 is 1.24 bits per heavy atom. The van der Waals surface area contributed by atoms with Gasteiger partial charge in [-0.2, -0.15) is 13.2 Å². The van der Waals surface area contributed by atoms with E-state index in [1.54, 1.807) is 7.05 Å². The van der Waals surface area contributed by atoms with Crippen molar-refractivity contribution in [3.8, 4) is 0 Å². The number of alkyl halides is 3. The summed E-state index contributed by atoms with van der Waals surface area (Å²) in [5, 5.41) is 0. The maximum atomic E-state index is 12.3. The van der Waals surface area contributed by atoms with Gasteiger partial charge in [-0.15, -0.1) is 0 Å². The highest BCUT2D eigenvalue weighted by molar-refractivity contribution is 5.72. The van der Waals surface area contributed by atoms with Gasteiger partial charge in [0.15, 0.2) is 0 Å². The third-order valence-corrected chi connectivity index (χ3v) is 2.55. The minimum Gasteiger partial charge on any atom is -0.346 e. The summed E-state index contributed by atoms with van der Waals surface area (Å²) in [6, 6.07) is 5.00. The van der Waals surface area contributed by atoms with Crippen molar-refractivity contribution in [3.05, 3.63) is 35.4 Å². The number of nitrogens with zero attached hydrogens (tertiary/aromatic N) is 1. The number of hydrogen-bond donors (Lipinski definition) is 0. The molecular weight excluding hydrogens is 231 g/mol. The SMILES string of the molecule is CC(=O)N(C)CCc1ccc(C(F)(F)F)cc1. The van der Waals surface area contributed by atoms with E-state index in [-0.39, 0.29) is 5.91 Å². The predicted octanol–water partition coefficient (Wildman–Crippen LogP) is 2.73. The van der Waals surface area contributed by atoms with E-state index in [2.05, 4.69) is 0 Å². The first-order valence-corrected chi connectivity index (χ1v) is 5.18. The summed E-state index contributed by atoms with van der Waals surface area (Å²) in [6.07, 6.45) is -3.75. The van der Waals surface area contributed by atoms with Gasteiger partial charge < -0.3 is 4.90 Å². The highest BCUT2D eigenvalue weighted by Gasteiger charge is 2.29. The summed E-state index contributed by atoms with van der Waals surface area (Å²) in [5.74, 6) is -0.0584. The summed E-state index contributed by atoms with van der Waals surface area (Å²) in [4.78, 5) is 12.5. The summed E-state index contributed by atoms with van der Waals surface area (Å²) >= 11 is 0. The molecular formula is C12H14F3NO. The number of hydrogen-bond acceptors (Lipinski definition) is 1. The van der Waals surface area contributed by atoms with Crippen molar-refractivity contribution in [2.24, 2.45) is 0 Å². The zero-order valence-corrected chi connectivity index (χ0v) is 9.71. The number of carbonyl (C=O) groups excluding carboxylic acids is 1. The largest absolute Gasteiger partial charge is 0.416 e. The molecule has 1 rings (SSSR count). The first-order valence-electron chi connectivity index (χ1n) is 5.18. The lowest BCUT2D eigenvalue weighted by atomic mass is 10.1. The maximum Gasteiger partial charge on any atom is 0.416 e. The van der Waals surface area contributed by atoms with Crippen molar-refractivity contribution in [1.29, 1.82) is 0 Å². The van der Waals surface area contributed by atoms with Crippen molar-refractivity contribution in [1.82, 2.24) is 4.90 Å². The number of benzene rings is 1. The second-order valence-electron chi connectivity index (χ2n) is 3.89.